The maximum Gasteiger partial charge on any atom is 0.158 e. The number of ether oxygens (including phenoxy) is 1. The predicted molar refractivity (Wildman–Crippen MR) is 136 cm³/mol. The summed E-state index contributed by atoms with van der Waals surface area (Å²) in [5.41, 5.74) is 0.740. The van der Waals surface area contributed by atoms with E-state index in [1.807, 2.05) is 0 Å². The zero-order chi connectivity index (χ0) is 25.8. The van der Waals surface area contributed by atoms with E-state index in [4.69, 9.17) is 4.74 Å². The van der Waals surface area contributed by atoms with Crippen molar-refractivity contribution < 1.29 is 25.2 Å². The summed E-state index contributed by atoms with van der Waals surface area (Å²) >= 11 is 0. The molecule has 11 atom stereocenters. The zero-order valence-corrected chi connectivity index (χ0v) is 23.1. The number of fused-ring (bicyclic) bond motifs is 5. The molecule has 3 unspecified atom stereocenters. The first-order chi connectivity index (χ1) is 16.1. The van der Waals surface area contributed by atoms with Crippen molar-refractivity contribution in [1.82, 2.24) is 0 Å². The van der Waals surface area contributed by atoms with Gasteiger partial charge in [0.05, 0.1) is 17.8 Å². The maximum absolute atomic E-state index is 11.0. The van der Waals surface area contributed by atoms with Crippen LogP contribution in [0.2, 0.25) is 0 Å². The van der Waals surface area contributed by atoms with Gasteiger partial charge in [0.1, 0.15) is 6.10 Å². The Kier molecular flexibility index (Phi) is 6.00. The highest BCUT2D eigenvalue weighted by molar-refractivity contribution is 5.33. The summed E-state index contributed by atoms with van der Waals surface area (Å²) in [5, 5.41) is 42.8. The molecule has 4 N–H and O–H groups in total. The molecule has 5 aliphatic rings. The Balaban J connectivity index is 1.44. The van der Waals surface area contributed by atoms with Crippen LogP contribution in [0.5, 0.6) is 0 Å². The molecule has 4 aliphatic carbocycles. The number of aliphatic hydroxyl groups excluding tert-OH is 3. The molecule has 0 amide bonds. The average Bonchev–Trinajstić information content (AvgIpc) is 3.26. The molecule has 0 bridgehead atoms. The van der Waals surface area contributed by atoms with Crippen molar-refractivity contribution in [2.45, 2.75) is 130 Å². The normalized spacial score (nSPS) is 52.3. The largest absolute Gasteiger partial charge is 0.393 e. The Morgan fingerprint density at radius 2 is 1.69 bits per heavy atom. The Hall–Kier alpha value is -0.460. The minimum Gasteiger partial charge on any atom is -0.393 e. The molecule has 1 heterocycles. The van der Waals surface area contributed by atoms with Gasteiger partial charge in [-0.2, -0.15) is 0 Å². The summed E-state index contributed by atoms with van der Waals surface area (Å²) in [6.45, 7) is 15.2. The monoisotopic (exact) mass is 490 g/mol. The number of hydrogen-bond acceptors (Lipinski definition) is 5. The summed E-state index contributed by atoms with van der Waals surface area (Å²) in [5.74, 6) is 1.39. The van der Waals surface area contributed by atoms with Gasteiger partial charge in [0.2, 0.25) is 0 Å². The molecule has 0 aromatic rings. The minimum atomic E-state index is -1.26. The lowest BCUT2D eigenvalue weighted by atomic mass is 9.41. The third-order valence-electron chi connectivity index (χ3n) is 12.7. The lowest BCUT2D eigenvalue weighted by molar-refractivity contribution is -0.173. The molecule has 200 valence electrons. The van der Waals surface area contributed by atoms with E-state index < -0.39 is 24.1 Å². The Morgan fingerprint density at radius 3 is 2.34 bits per heavy atom. The van der Waals surface area contributed by atoms with Gasteiger partial charge >= 0.3 is 0 Å². The first kappa shape index (κ1) is 26.2. The Morgan fingerprint density at radius 1 is 1.00 bits per heavy atom. The molecular weight excluding hydrogens is 440 g/mol. The maximum atomic E-state index is 11.0. The van der Waals surface area contributed by atoms with Gasteiger partial charge in [0.25, 0.3) is 0 Å². The van der Waals surface area contributed by atoms with E-state index in [1.54, 1.807) is 19.4 Å². The molecule has 1 saturated heterocycles. The molecule has 0 aromatic carbocycles. The second-order valence-corrected chi connectivity index (χ2v) is 14.9. The van der Waals surface area contributed by atoms with Gasteiger partial charge in [-0.3, -0.25) is 0 Å². The van der Waals surface area contributed by atoms with Gasteiger partial charge in [-0.1, -0.05) is 46.3 Å². The summed E-state index contributed by atoms with van der Waals surface area (Å²) in [6, 6.07) is 0. The van der Waals surface area contributed by atoms with E-state index in [1.165, 1.54) is 6.42 Å². The van der Waals surface area contributed by atoms with Gasteiger partial charge in [-0.25, -0.2) is 0 Å². The van der Waals surface area contributed by atoms with E-state index >= 15 is 0 Å². The van der Waals surface area contributed by atoms with Crippen LogP contribution in [0, 0.1) is 45.3 Å². The average molecular weight is 491 g/mol. The van der Waals surface area contributed by atoms with Crippen LogP contribution in [0.1, 0.15) is 99.8 Å². The lowest BCUT2D eigenvalue weighted by Crippen LogP contribution is -2.58. The summed E-state index contributed by atoms with van der Waals surface area (Å²) < 4.78 is 5.87. The number of allylic oxidation sites excluding steroid dienone is 2. The fourth-order valence-electron chi connectivity index (χ4n) is 10.2. The Bertz CT molecular complexity index is 874. The van der Waals surface area contributed by atoms with Gasteiger partial charge < -0.3 is 25.2 Å². The molecule has 1 aliphatic heterocycles. The van der Waals surface area contributed by atoms with Crippen molar-refractivity contribution in [1.29, 1.82) is 0 Å². The molecule has 3 saturated carbocycles. The van der Waals surface area contributed by atoms with Crippen LogP contribution in [0.3, 0.4) is 0 Å². The van der Waals surface area contributed by atoms with Gasteiger partial charge in [0.15, 0.2) is 6.29 Å². The fourth-order valence-corrected chi connectivity index (χ4v) is 10.2. The number of hydrogen-bond donors (Lipinski definition) is 4. The van der Waals surface area contributed by atoms with Crippen molar-refractivity contribution in [2.24, 2.45) is 45.3 Å². The number of rotatable bonds is 3. The fraction of sp³-hybridized carbons (Fsp3) is 0.933. The molecular formula is C30H50O5. The molecule has 35 heavy (non-hydrogen) atoms. The van der Waals surface area contributed by atoms with E-state index in [9.17, 15) is 20.4 Å². The zero-order valence-electron chi connectivity index (χ0n) is 23.1. The highest BCUT2D eigenvalue weighted by atomic mass is 16.6. The van der Waals surface area contributed by atoms with Gasteiger partial charge in [0, 0.05) is 5.92 Å². The summed E-state index contributed by atoms with van der Waals surface area (Å²) in [4.78, 5) is 0. The minimum absolute atomic E-state index is 0.0170. The molecule has 0 aromatic heterocycles. The molecule has 4 fully saturated rings. The van der Waals surface area contributed by atoms with E-state index in [0.29, 0.717) is 24.2 Å². The smallest absolute Gasteiger partial charge is 0.158 e. The van der Waals surface area contributed by atoms with E-state index in [0.717, 1.165) is 38.5 Å². The van der Waals surface area contributed by atoms with Crippen molar-refractivity contribution >= 4 is 0 Å². The molecule has 5 rings (SSSR count). The second kappa shape index (κ2) is 8.02. The standard InChI is InChI=1S/C30H50O5/c1-26(2)22-9-8-20-19(28(22,5)13-12-23(26)31)11-15-29(6)18(10-14-30(20,29)7)17-16-21(35-25(17)33)24(32)27(3,4)34/h8,17-19,21-25,31-34H,9-16H2,1-7H3/t17?,18-,19+,21?,22?,23+,24+,25-,28-,29+,30-/m1/s1. The topological polar surface area (TPSA) is 90.2 Å². The number of aliphatic hydroxyl groups is 4. The van der Waals surface area contributed by atoms with Crippen LogP contribution in [0.15, 0.2) is 11.6 Å². The van der Waals surface area contributed by atoms with Crippen LogP contribution >= 0.6 is 0 Å². The third kappa shape index (κ3) is 3.51. The first-order valence-electron chi connectivity index (χ1n) is 14.2. The second-order valence-electron chi connectivity index (χ2n) is 14.9. The molecule has 5 heteroatoms. The third-order valence-corrected chi connectivity index (χ3v) is 12.7. The van der Waals surface area contributed by atoms with Crippen molar-refractivity contribution in [3.8, 4) is 0 Å². The van der Waals surface area contributed by atoms with Crippen LogP contribution < -0.4 is 0 Å². The van der Waals surface area contributed by atoms with Gasteiger partial charge in [-0.05, 0) is 105 Å². The van der Waals surface area contributed by atoms with Crippen LogP contribution in [0.4, 0.5) is 0 Å². The van der Waals surface area contributed by atoms with Crippen molar-refractivity contribution in [2.75, 3.05) is 0 Å². The first-order valence-corrected chi connectivity index (χ1v) is 14.2. The molecule has 0 radical (unpaired) electrons. The SMILES string of the molecule is CC(C)(O)[C@@H](O)C1CC([C@H]2CC[C@]3(C)C4=CCC5C(C)(C)[C@@H](O)CC[C@]5(C)[C@H]4CC[C@@]23C)[C@H](O)O1. The molecule has 0 spiro atoms. The van der Waals surface area contributed by atoms with E-state index in [2.05, 4.69) is 40.7 Å². The lowest BCUT2D eigenvalue weighted by Gasteiger charge is -2.64. The van der Waals surface area contributed by atoms with Crippen LogP contribution in [-0.2, 0) is 4.74 Å². The summed E-state index contributed by atoms with van der Waals surface area (Å²) in [6.07, 6.45) is 8.08. The van der Waals surface area contributed by atoms with Gasteiger partial charge in [-0.15, -0.1) is 0 Å². The van der Waals surface area contributed by atoms with Crippen molar-refractivity contribution in [3.05, 3.63) is 11.6 Å². The Labute approximate surface area is 212 Å². The van der Waals surface area contributed by atoms with Crippen LogP contribution in [0.25, 0.3) is 0 Å². The molecule has 5 nitrogen and oxygen atoms in total. The van der Waals surface area contributed by atoms with Crippen molar-refractivity contribution in [3.63, 3.8) is 0 Å². The highest BCUT2D eigenvalue weighted by Crippen LogP contribution is 2.73. The summed E-state index contributed by atoms with van der Waals surface area (Å²) in [7, 11) is 0. The predicted octanol–water partition coefficient (Wildman–Crippen LogP) is 4.81. The highest BCUT2D eigenvalue weighted by Gasteiger charge is 2.66. The van der Waals surface area contributed by atoms with E-state index in [-0.39, 0.29) is 33.7 Å². The van der Waals surface area contributed by atoms with Crippen LogP contribution in [-0.4, -0.2) is 50.6 Å². The quantitative estimate of drug-likeness (QED) is 0.427.